The smallest absolute Gasteiger partial charge is 0.264 e. The molecular formula is C32H46N4O6. The van der Waals surface area contributed by atoms with Crippen LogP contribution in [0.5, 0.6) is 5.88 Å². The van der Waals surface area contributed by atoms with Crippen molar-refractivity contribution in [2.24, 2.45) is 56.6 Å². The van der Waals surface area contributed by atoms with Gasteiger partial charge in [-0.3, -0.25) is 4.79 Å². The lowest BCUT2D eigenvalue weighted by atomic mass is 9.43. The average Bonchev–Trinajstić information content (AvgIpc) is 3.46. The van der Waals surface area contributed by atoms with Crippen LogP contribution in [-0.2, 0) is 4.79 Å². The molecule has 10 heteroatoms. The maximum atomic E-state index is 12.8. The molecule has 42 heavy (non-hydrogen) atoms. The summed E-state index contributed by atoms with van der Waals surface area (Å²) in [4.78, 5) is 15.5. The van der Waals surface area contributed by atoms with Crippen molar-refractivity contribution < 1.29 is 30.5 Å². The van der Waals surface area contributed by atoms with Gasteiger partial charge in [0, 0.05) is 23.9 Å². The van der Waals surface area contributed by atoms with Crippen LogP contribution in [0.1, 0.15) is 85.0 Å². The van der Waals surface area contributed by atoms with E-state index in [0.29, 0.717) is 52.8 Å². The number of nitrogens with zero attached hydrogens (tertiary/aromatic N) is 2. The van der Waals surface area contributed by atoms with Gasteiger partial charge >= 0.3 is 0 Å². The second kappa shape index (κ2) is 11.0. The largest absolute Gasteiger partial charge is 0.595 e. The summed E-state index contributed by atoms with van der Waals surface area (Å²) >= 11 is 0. The molecule has 9 unspecified atom stereocenters. The maximum absolute atomic E-state index is 12.8. The SMILES string of the molecule is CC(CCC(=O)N=Nc1c(O)[nH]c2cc([NH+]([O-])O)ccc12)C1CCC2C3C(O)CC4CC(O)CC[C@]4(C)C3CC[C@]12C. The molecule has 0 saturated heterocycles. The molecule has 4 fully saturated rings. The van der Waals surface area contributed by atoms with Gasteiger partial charge in [-0.25, -0.2) is 5.21 Å². The van der Waals surface area contributed by atoms with Crippen LogP contribution in [0.3, 0.4) is 0 Å². The number of fused-ring (bicyclic) bond motifs is 6. The van der Waals surface area contributed by atoms with Crippen molar-refractivity contribution in [1.82, 2.24) is 4.98 Å². The third-order valence-electron chi connectivity index (χ3n) is 12.5. The van der Waals surface area contributed by atoms with Gasteiger partial charge in [0.25, 0.3) is 5.91 Å². The van der Waals surface area contributed by atoms with E-state index >= 15 is 0 Å². The summed E-state index contributed by atoms with van der Waals surface area (Å²) in [5, 5.41) is 59.9. The van der Waals surface area contributed by atoms with E-state index in [2.05, 4.69) is 36.0 Å². The van der Waals surface area contributed by atoms with Crippen LogP contribution >= 0.6 is 0 Å². The van der Waals surface area contributed by atoms with E-state index in [9.17, 15) is 30.5 Å². The molecule has 0 bridgehead atoms. The van der Waals surface area contributed by atoms with E-state index in [0.717, 1.165) is 51.4 Å². The fourth-order valence-corrected chi connectivity index (χ4v) is 10.3. The molecule has 1 heterocycles. The Bertz CT molecular complexity index is 1360. The Morgan fingerprint density at radius 1 is 1.12 bits per heavy atom. The van der Waals surface area contributed by atoms with Gasteiger partial charge in [-0.05, 0) is 110 Å². The number of aromatic hydroxyl groups is 1. The first-order valence-corrected chi connectivity index (χ1v) is 15.8. The second-order valence-corrected chi connectivity index (χ2v) is 14.5. The number of hydrogen-bond acceptors (Lipinski definition) is 7. The highest BCUT2D eigenvalue weighted by Gasteiger charge is 2.62. The van der Waals surface area contributed by atoms with Gasteiger partial charge in [0.05, 0.1) is 17.7 Å². The van der Waals surface area contributed by atoms with Crippen molar-refractivity contribution in [1.29, 1.82) is 0 Å². The summed E-state index contributed by atoms with van der Waals surface area (Å²) in [6.07, 6.45) is 8.58. The Morgan fingerprint density at radius 3 is 2.62 bits per heavy atom. The van der Waals surface area contributed by atoms with Gasteiger partial charge in [0.1, 0.15) is 0 Å². The molecule has 10 nitrogen and oxygen atoms in total. The Hall–Kier alpha value is -2.37. The van der Waals surface area contributed by atoms with Crippen molar-refractivity contribution in [3.05, 3.63) is 23.4 Å². The zero-order valence-corrected chi connectivity index (χ0v) is 24.9. The zero-order chi connectivity index (χ0) is 30.0. The summed E-state index contributed by atoms with van der Waals surface area (Å²) in [7, 11) is 0. The zero-order valence-electron chi connectivity index (χ0n) is 24.9. The molecule has 1 amide bonds. The Labute approximate surface area is 246 Å². The van der Waals surface area contributed by atoms with Gasteiger partial charge in [-0.15, -0.1) is 10.2 Å². The van der Waals surface area contributed by atoms with Gasteiger partial charge in [0.15, 0.2) is 11.4 Å². The van der Waals surface area contributed by atoms with E-state index in [1.807, 2.05) is 0 Å². The van der Waals surface area contributed by atoms with Crippen molar-refractivity contribution in [3.63, 3.8) is 0 Å². The monoisotopic (exact) mass is 582 g/mol. The molecular weight excluding hydrogens is 536 g/mol. The molecule has 0 aliphatic heterocycles. The molecule has 11 atom stereocenters. The molecule has 1 aromatic heterocycles. The van der Waals surface area contributed by atoms with Gasteiger partial charge in [-0.2, -0.15) is 5.23 Å². The molecule has 0 radical (unpaired) electrons. The lowest BCUT2D eigenvalue weighted by Gasteiger charge is -2.62. The van der Waals surface area contributed by atoms with E-state index in [1.54, 1.807) is 6.07 Å². The van der Waals surface area contributed by atoms with Crippen molar-refractivity contribution in [2.45, 2.75) is 97.2 Å². The summed E-state index contributed by atoms with van der Waals surface area (Å²) in [6, 6.07) is 4.38. The molecule has 230 valence electrons. The van der Waals surface area contributed by atoms with Gasteiger partial charge in [-0.1, -0.05) is 20.8 Å². The van der Waals surface area contributed by atoms with E-state index in [-0.39, 0.29) is 52.6 Å². The first kappa shape index (κ1) is 29.7. The van der Waals surface area contributed by atoms with Crippen LogP contribution in [0.2, 0.25) is 0 Å². The number of H-pyrrole nitrogens is 1. The predicted molar refractivity (Wildman–Crippen MR) is 156 cm³/mol. The number of hydrogen-bond donors (Lipinski definition) is 6. The molecule has 1 aromatic carbocycles. The molecule has 4 aliphatic carbocycles. The number of aliphatic hydroxyl groups is 2. The topological polar surface area (TPSA) is 166 Å². The van der Waals surface area contributed by atoms with Crippen LogP contribution in [0.4, 0.5) is 11.4 Å². The number of carbonyl (C=O) groups is 1. The third-order valence-corrected chi connectivity index (χ3v) is 12.5. The fraction of sp³-hybridized carbons (Fsp3) is 0.719. The summed E-state index contributed by atoms with van der Waals surface area (Å²) in [6.45, 7) is 7.12. The van der Waals surface area contributed by atoms with Gasteiger partial charge < -0.3 is 25.5 Å². The van der Waals surface area contributed by atoms with Crippen LogP contribution in [0.25, 0.3) is 10.9 Å². The van der Waals surface area contributed by atoms with Crippen LogP contribution < -0.4 is 5.23 Å². The molecule has 2 aromatic rings. The fourth-order valence-electron chi connectivity index (χ4n) is 10.3. The highest BCUT2D eigenvalue weighted by Crippen LogP contribution is 2.68. The van der Waals surface area contributed by atoms with Crippen molar-refractivity contribution in [3.8, 4) is 5.88 Å². The van der Waals surface area contributed by atoms with Crippen LogP contribution in [0, 0.1) is 51.5 Å². The number of aromatic amines is 1. The highest BCUT2D eigenvalue weighted by molar-refractivity contribution is 5.95. The third kappa shape index (κ3) is 4.89. The predicted octanol–water partition coefficient (Wildman–Crippen LogP) is 5.29. The number of azo groups is 1. The minimum absolute atomic E-state index is 0.0823. The normalized spacial score (nSPS) is 39.5. The first-order chi connectivity index (χ1) is 19.9. The molecule has 6 rings (SSSR count). The number of nitrogens with one attached hydrogen (secondary N) is 2. The van der Waals surface area contributed by atoms with Crippen LogP contribution in [0.15, 0.2) is 28.4 Å². The lowest BCUT2D eigenvalue weighted by molar-refractivity contribution is -0.991. The molecule has 6 N–H and O–H groups in total. The molecule has 0 spiro atoms. The number of benzene rings is 1. The minimum atomic E-state index is -1.07. The number of quaternary nitrogens is 1. The molecule has 4 aliphatic rings. The standard InChI is InChI=1S/C32H46N4O6/c1-17(4-9-27(39)34-35-29-21-6-5-19(36(41)42)16-25(21)33-30(29)40)22-7-8-23-28-24(11-13-32(22,23)3)31(2)12-10-20(37)14-18(31)15-26(28)38/h5-6,16-18,20,22-24,26,28,33,36-38,40-41H,4,7-15H2,1-3H3/t17?,18?,20?,22?,23?,24?,26?,28?,31-,32+/m0/s1. The Kier molecular flexibility index (Phi) is 7.75. The number of aliphatic hydroxyl groups excluding tert-OH is 2. The van der Waals surface area contributed by atoms with Crippen molar-refractivity contribution >= 4 is 28.2 Å². The molecule has 4 saturated carbocycles. The quantitative estimate of drug-likeness (QED) is 0.200. The number of amides is 1. The maximum Gasteiger partial charge on any atom is 0.264 e. The Morgan fingerprint density at radius 2 is 1.86 bits per heavy atom. The number of aromatic nitrogens is 1. The van der Waals surface area contributed by atoms with E-state index in [4.69, 9.17) is 0 Å². The second-order valence-electron chi connectivity index (χ2n) is 14.5. The Balaban J connectivity index is 1.10. The van der Waals surface area contributed by atoms with E-state index in [1.165, 1.54) is 12.1 Å². The summed E-state index contributed by atoms with van der Waals surface area (Å²) in [5.74, 6) is 1.96. The number of carbonyl (C=O) groups excluding carboxylic acids is 1. The van der Waals surface area contributed by atoms with Crippen LogP contribution in [-0.4, -0.2) is 43.6 Å². The summed E-state index contributed by atoms with van der Waals surface area (Å²) in [5.41, 5.74) is 0.978. The van der Waals surface area contributed by atoms with Crippen molar-refractivity contribution in [2.75, 3.05) is 0 Å². The van der Waals surface area contributed by atoms with E-state index < -0.39 is 5.23 Å². The first-order valence-electron chi connectivity index (χ1n) is 15.8. The number of rotatable bonds is 6. The minimum Gasteiger partial charge on any atom is -0.595 e. The highest BCUT2D eigenvalue weighted by atomic mass is 16.8. The lowest BCUT2D eigenvalue weighted by Crippen LogP contribution is -2.99. The average molecular weight is 583 g/mol. The van der Waals surface area contributed by atoms with Gasteiger partial charge in [0.2, 0.25) is 5.88 Å². The summed E-state index contributed by atoms with van der Waals surface area (Å²) < 4.78 is 0.